The highest BCUT2D eigenvalue weighted by atomic mass is 35.5. The Balaban J connectivity index is 1.60. The molecule has 1 fully saturated rings. The van der Waals surface area contributed by atoms with Crippen molar-refractivity contribution in [3.8, 4) is 22.5 Å². The van der Waals surface area contributed by atoms with Crippen LogP contribution in [0.5, 0.6) is 0 Å². The van der Waals surface area contributed by atoms with E-state index in [9.17, 15) is 9.59 Å². The lowest BCUT2D eigenvalue weighted by Crippen LogP contribution is -2.39. The maximum absolute atomic E-state index is 13.1. The Morgan fingerprint density at radius 2 is 1.86 bits per heavy atom. The molecule has 1 atom stereocenters. The summed E-state index contributed by atoms with van der Waals surface area (Å²) in [6.45, 7) is 0.514. The lowest BCUT2D eigenvalue weighted by Gasteiger charge is -2.28. The van der Waals surface area contributed by atoms with Crippen LogP contribution in [0.2, 0.25) is 5.02 Å². The lowest BCUT2D eigenvalue weighted by molar-refractivity contribution is -0.135. The molecule has 0 radical (unpaired) electrons. The van der Waals surface area contributed by atoms with E-state index in [2.05, 4.69) is 15.0 Å². The number of halogens is 1. The lowest BCUT2D eigenvalue weighted by atomic mass is 10.0. The summed E-state index contributed by atoms with van der Waals surface area (Å²) < 4.78 is 5.60. The van der Waals surface area contributed by atoms with Gasteiger partial charge in [-0.2, -0.15) is 0 Å². The largest absolute Gasteiger partial charge is 0.457 e. The first-order valence-electron chi connectivity index (χ1n) is 11.1. The van der Waals surface area contributed by atoms with Crippen LogP contribution in [-0.4, -0.2) is 51.4 Å². The Hall–Kier alpha value is -4.04. The van der Waals surface area contributed by atoms with Crippen LogP contribution in [-0.2, 0) is 9.53 Å². The number of ether oxygens (including phenoxy) is 1. The van der Waals surface area contributed by atoms with E-state index < -0.39 is 12.1 Å². The Kier molecular flexibility index (Phi) is 6.05. The fraction of sp³-hybridized carbons (Fsp3) is 0.192. The third-order valence-electron chi connectivity index (χ3n) is 5.98. The van der Waals surface area contributed by atoms with Gasteiger partial charge < -0.3 is 15.4 Å². The number of carbonyl (C=O) groups excluding carboxylic acids is 2. The first-order valence-corrected chi connectivity index (χ1v) is 11.5. The van der Waals surface area contributed by atoms with Gasteiger partial charge in [0.15, 0.2) is 11.5 Å². The molecule has 2 aromatic heterocycles. The van der Waals surface area contributed by atoms with Crippen LogP contribution in [0.1, 0.15) is 23.3 Å². The summed E-state index contributed by atoms with van der Waals surface area (Å²) in [5.74, 6) is -0.843. The molecule has 1 amide bonds. The molecule has 176 valence electrons. The second-order valence-corrected chi connectivity index (χ2v) is 8.80. The maximum atomic E-state index is 13.1. The summed E-state index contributed by atoms with van der Waals surface area (Å²) in [5, 5.41) is 1.27. The minimum atomic E-state index is -0.716. The molecule has 9 heteroatoms. The number of hydrogen-bond acceptors (Lipinski definition) is 7. The van der Waals surface area contributed by atoms with Gasteiger partial charge in [-0.05, 0) is 18.2 Å². The van der Waals surface area contributed by atoms with Crippen molar-refractivity contribution < 1.29 is 14.3 Å². The topological polar surface area (TPSA) is 111 Å². The van der Waals surface area contributed by atoms with Gasteiger partial charge >= 0.3 is 5.97 Å². The van der Waals surface area contributed by atoms with Crippen molar-refractivity contribution in [3.05, 3.63) is 71.5 Å². The Labute approximate surface area is 206 Å². The van der Waals surface area contributed by atoms with Crippen LogP contribution in [0.3, 0.4) is 0 Å². The van der Waals surface area contributed by atoms with Gasteiger partial charge in [-0.3, -0.25) is 9.78 Å². The summed E-state index contributed by atoms with van der Waals surface area (Å²) >= 11 is 6.54. The Morgan fingerprint density at radius 3 is 2.63 bits per heavy atom. The molecular weight excluding hydrogens is 466 g/mol. The fourth-order valence-electron chi connectivity index (χ4n) is 4.10. The number of carbonyl (C=O) groups is 2. The zero-order chi connectivity index (χ0) is 24.5. The molecule has 4 aromatic rings. The normalized spacial score (nSPS) is 15.9. The molecule has 2 aromatic carbocycles. The van der Waals surface area contributed by atoms with Gasteiger partial charge in [-0.25, -0.2) is 14.8 Å². The van der Waals surface area contributed by atoms with E-state index in [0.717, 1.165) is 10.9 Å². The molecule has 5 rings (SSSR count). The van der Waals surface area contributed by atoms with Crippen molar-refractivity contribution in [3.63, 3.8) is 0 Å². The van der Waals surface area contributed by atoms with Gasteiger partial charge in [0.2, 0.25) is 5.91 Å². The monoisotopic (exact) mass is 487 g/mol. The number of hydrogen-bond donors (Lipinski definition) is 1. The van der Waals surface area contributed by atoms with Gasteiger partial charge in [0.25, 0.3) is 0 Å². The highest BCUT2D eigenvalue weighted by molar-refractivity contribution is 6.35. The third kappa shape index (κ3) is 4.52. The number of nitrogens with zero attached hydrogens (tertiary/aromatic N) is 4. The van der Waals surface area contributed by atoms with Gasteiger partial charge in [-0.1, -0.05) is 48.0 Å². The number of esters is 1. The number of piperidine rings is 1. The van der Waals surface area contributed by atoms with E-state index in [1.807, 2.05) is 48.5 Å². The predicted octanol–water partition coefficient (Wildman–Crippen LogP) is 4.37. The quantitative estimate of drug-likeness (QED) is 0.425. The Bertz CT molecular complexity index is 1440. The highest BCUT2D eigenvalue weighted by Crippen LogP contribution is 2.35. The second kappa shape index (κ2) is 9.31. The number of anilines is 1. The number of rotatable bonds is 4. The van der Waals surface area contributed by atoms with Crippen molar-refractivity contribution in [2.75, 3.05) is 19.3 Å². The molecule has 1 saturated heterocycles. The summed E-state index contributed by atoms with van der Waals surface area (Å²) in [4.78, 5) is 40.2. The minimum Gasteiger partial charge on any atom is -0.457 e. The molecule has 1 unspecified atom stereocenters. The highest BCUT2D eigenvalue weighted by Gasteiger charge is 2.29. The van der Waals surface area contributed by atoms with Crippen molar-refractivity contribution >= 4 is 40.2 Å². The molecule has 8 nitrogen and oxygen atoms in total. The Morgan fingerprint density at radius 1 is 1.09 bits per heavy atom. The number of nitrogens with two attached hydrogens (primary N) is 1. The van der Waals surface area contributed by atoms with Gasteiger partial charge in [0.05, 0.1) is 28.3 Å². The molecule has 1 aliphatic rings. The molecule has 3 heterocycles. The third-order valence-corrected chi connectivity index (χ3v) is 6.27. The van der Waals surface area contributed by atoms with Crippen LogP contribution in [0, 0.1) is 0 Å². The van der Waals surface area contributed by atoms with Crippen molar-refractivity contribution in [1.82, 2.24) is 19.9 Å². The first kappa shape index (κ1) is 22.7. The molecular formula is C26H22ClN5O3. The van der Waals surface area contributed by atoms with Crippen LogP contribution in [0.15, 0.2) is 60.8 Å². The molecule has 35 heavy (non-hydrogen) atoms. The number of aromatic nitrogens is 3. The molecule has 1 aliphatic heterocycles. The zero-order valence-corrected chi connectivity index (χ0v) is 19.7. The van der Waals surface area contributed by atoms with Gasteiger partial charge in [0.1, 0.15) is 6.10 Å². The number of nitrogen functional groups attached to an aromatic ring is 1. The van der Waals surface area contributed by atoms with Crippen molar-refractivity contribution in [2.45, 2.75) is 18.9 Å². The summed E-state index contributed by atoms with van der Waals surface area (Å²) in [7, 11) is 1.72. The summed E-state index contributed by atoms with van der Waals surface area (Å²) in [6, 6.07) is 16.8. The van der Waals surface area contributed by atoms with Crippen molar-refractivity contribution in [1.29, 1.82) is 0 Å². The molecule has 0 bridgehead atoms. The number of fused-ring (bicyclic) bond motifs is 1. The smallest absolute Gasteiger partial charge is 0.361 e. The van der Waals surface area contributed by atoms with Crippen LogP contribution < -0.4 is 5.73 Å². The minimum absolute atomic E-state index is 0.0505. The van der Waals surface area contributed by atoms with Crippen LogP contribution >= 0.6 is 11.6 Å². The van der Waals surface area contributed by atoms with Crippen LogP contribution in [0.4, 0.5) is 5.82 Å². The average Bonchev–Trinajstić information content (AvgIpc) is 2.86. The van der Waals surface area contributed by atoms with Gasteiger partial charge in [0, 0.05) is 42.7 Å². The standard InChI is InChI=1S/C26H22ClN5O3/c1-32-11-9-18(14-20(32)33)35-26(34)24-25(28)31-22(15-6-3-2-4-7-15)23(30-24)17-12-16-8-5-10-29-21(16)19(27)13-17/h2-8,10,12-13,18H,9,11,14H2,1H3,(H2,28,31). The number of likely N-dealkylation sites (tertiary alicyclic amines) is 1. The van der Waals surface area contributed by atoms with E-state index in [1.54, 1.807) is 24.2 Å². The maximum Gasteiger partial charge on any atom is 0.361 e. The second-order valence-electron chi connectivity index (χ2n) is 8.39. The van der Waals surface area contributed by atoms with E-state index >= 15 is 0 Å². The van der Waals surface area contributed by atoms with Crippen molar-refractivity contribution in [2.24, 2.45) is 0 Å². The molecule has 0 aliphatic carbocycles. The zero-order valence-electron chi connectivity index (χ0n) is 18.9. The van der Waals surface area contributed by atoms with Crippen LogP contribution in [0.25, 0.3) is 33.4 Å². The predicted molar refractivity (Wildman–Crippen MR) is 134 cm³/mol. The first-order chi connectivity index (χ1) is 16.9. The van der Waals surface area contributed by atoms with E-state index in [0.29, 0.717) is 40.5 Å². The molecule has 2 N–H and O–H groups in total. The average molecular weight is 488 g/mol. The molecule has 0 saturated carbocycles. The molecule has 0 spiro atoms. The fourth-order valence-corrected chi connectivity index (χ4v) is 4.38. The summed E-state index contributed by atoms with van der Waals surface area (Å²) in [6.07, 6.45) is 1.81. The summed E-state index contributed by atoms with van der Waals surface area (Å²) in [5.41, 5.74) is 9.14. The SMILES string of the molecule is CN1CCC(OC(=O)c2nc(-c3cc(Cl)c4ncccc4c3)c(-c3ccccc3)nc2N)CC1=O. The van der Waals surface area contributed by atoms with E-state index in [1.165, 1.54) is 0 Å². The number of benzene rings is 2. The number of amides is 1. The van der Waals surface area contributed by atoms with Gasteiger partial charge in [-0.15, -0.1) is 0 Å². The van der Waals surface area contributed by atoms with E-state index in [4.69, 9.17) is 22.1 Å². The van der Waals surface area contributed by atoms with E-state index in [-0.39, 0.29) is 23.8 Å². The number of pyridine rings is 1.